The molecule has 0 saturated heterocycles. The largest absolute Gasteiger partial charge is 0.271 e. The van der Waals surface area contributed by atoms with Crippen LogP contribution in [0, 0.1) is 19.7 Å². The van der Waals surface area contributed by atoms with Gasteiger partial charge in [-0.1, -0.05) is 34.1 Å². The number of nitrogens with one attached hydrogen (secondary N) is 1. The molecule has 0 aliphatic heterocycles. The molecule has 0 aliphatic carbocycles. The van der Waals surface area contributed by atoms with Crippen LogP contribution in [0.4, 0.5) is 4.39 Å². The monoisotopic (exact) mass is 336 g/mol. The second kappa shape index (κ2) is 6.48. The van der Waals surface area contributed by atoms with E-state index in [1.807, 2.05) is 12.1 Å². The Balaban J connectivity index is 2.34. The van der Waals surface area contributed by atoms with Gasteiger partial charge >= 0.3 is 0 Å². The van der Waals surface area contributed by atoms with E-state index in [9.17, 15) is 4.39 Å². The summed E-state index contributed by atoms with van der Waals surface area (Å²) in [4.78, 5) is 0. The van der Waals surface area contributed by atoms with Crippen molar-refractivity contribution in [2.24, 2.45) is 5.84 Å². The van der Waals surface area contributed by atoms with Crippen molar-refractivity contribution < 1.29 is 4.39 Å². The Morgan fingerprint density at radius 1 is 1.25 bits per heavy atom. The van der Waals surface area contributed by atoms with Crippen molar-refractivity contribution in [2.45, 2.75) is 26.3 Å². The van der Waals surface area contributed by atoms with Crippen molar-refractivity contribution in [1.29, 1.82) is 0 Å². The van der Waals surface area contributed by atoms with Gasteiger partial charge in [0.25, 0.3) is 0 Å². The highest BCUT2D eigenvalue weighted by Gasteiger charge is 2.16. The number of hydrazine groups is 1. The van der Waals surface area contributed by atoms with Gasteiger partial charge in [-0.3, -0.25) is 11.3 Å². The summed E-state index contributed by atoms with van der Waals surface area (Å²) in [5.41, 5.74) is 6.94. The van der Waals surface area contributed by atoms with Crippen molar-refractivity contribution in [2.75, 3.05) is 0 Å². The van der Waals surface area contributed by atoms with Crippen LogP contribution in [0.2, 0.25) is 0 Å². The second-order valence-corrected chi connectivity index (χ2v) is 5.86. The Hall–Kier alpha value is -1.23. The number of nitrogens with two attached hydrogens (primary N) is 1. The maximum atomic E-state index is 13.9. The Bertz CT molecular complexity index is 613. The zero-order valence-corrected chi connectivity index (χ0v) is 13.2. The Kier molecular flexibility index (Phi) is 4.91. The molecule has 1 atom stereocenters. The fourth-order valence-electron chi connectivity index (χ4n) is 2.33. The lowest BCUT2D eigenvalue weighted by Crippen LogP contribution is -2.30. The first-order valence-corrected chi connectivity index (χ1v) is 7.28. The van der Waals surface area contributed by atoms with Gasteiger partial charge in [0.05, 0.1) is 6.04 Å². The maximum absolute atomic E-state index is 13.9. The fourth-order valence-corrected chi connectivity index (χ4v) is 2.74. The summed E-state index contributed by atoms with van der Waals surface area (Å²) in [6.07, 6.45) is 0.506. The molecule has 0 saturated carbocycles. The molecule has 0 fully saturated rings. The molecular formula is C16H18BrFN2. The van der Waals surface area contributed by atoms with Gasteiger partial charge < -0.3 is 0 Å². The Labute approximate surface area is 127 Å². The molecule has 0 spiro atoms. The first-order chi connectivity index (χ1) is 9.52. The third-order valence-electron chi connectivity index (χ3n) is 3.65. The predicted octanol–water partition coefficient (Wildman–Crippen LogP) is 3.95. The van der Waals surface area contributed by atoms with Crippen LogP contribution in [-0.2, 0) is 6.42 Å². The highest BCUT2D eigenvalue weighted by molar-refractivity contribution is 9.10. The van der Waals surface area contributed by atoms with E-state index in [1.165, 1.54) is 17.2 Å². The summed E-state index contributed by atoms with van der Waals surface area (Å²) in [5.74, 6) is 5.47. The summed E-state index contributed by atoms with van der Waals surface area (Å²) in [7, 11) is 0. The summed E-state index contributed by atoms with van der Waals surface area (Å²) < 4.78 is 14.7. The van der Waals surface area contributed by atoms with Gasteiger partial charge in [-0.25, -0.2) is 4.39 Å². The van der Waals surface area contributed by atoms with Crippen LogP contribution in [0.5, 0.6) is 0 Å². The first-order valence-electron chi connectivity index (χ1n) is 6.49. The quantitative estimate of drug-likeness (QED) is 0.655. The van der Waals surface area contributed by atoms with Gasteiger partial charge in [0.15, 0.2) is 0 Å². The average molecular weight is 337 g/mol. The minimum atomic E-state index is -0.209. The van der Waals surface area contributed by atoms with Gasteiger partial charge in [-0.05, 0) is 60.7 Å². The lowest BCUT2D eigenvalue weighted by Gasteiger charge is -2.20. The van der Waals surface area contributed by atoms with E-state index in [-0.39, 0.29) is 11.9 Å². The Morgan fingerprint density at radius 2 is 2.00 bits per heavy atom. The Morgan fingerprint density at radius 3 is 2.70 bits per heavy atom. The van der Waals surface area contributed by atoms with Crippen LogP contribution >= 0.6 is 15.9 Å². The molecule has 3 N–H and O–H groups in total. The van der Waals surface area contributed by atoms with Crippen molar-refractivity contribution >= 4 is 15.9 Å². The van der Waals surface area contributed by atoms with Crippen LogP contribution in [0.15, 0.2) is 40.9 Å². The van der Waals surface area contributed by atoms with Gasteiger partial charge in [0, 0.05) is 4.47 Å². The second-order valence-electron chi connectivity index (χ2n) is 4.95. The summed E-state index contributed by atoms with van der Waals surface area (Å²) >= 11 is 3.37. The molecule has 0 aromatic heterocycles. The van der Waals surface area contributed by atoms with E-state index in [0.29, 0.717) is 12.0 Å². The third-order valence-corrected chi connectivity index (χ3v) is 4.15. The van der Waals surface area contributed by atoms with Crippen molar-refractivity contribution in [3.05, 3.63) is 68.9 Å². The fraction of sp³-hybridized carbons (Fsp3) is 0.250. The van der Waals surface area contributed by atoms with Crippen molar-refractivity contribution in [3.8, 4) is 0 Å². The molecule has 0 radical (unpaired) electrons. The third kappa shape index (κ3) is 3.26. The normalized spacial score (nSPS) is 12.4. The smallest absolute Gasteiger partial charge is 0.126 e. The molecule has 2 rings (SSSR count). The lowest BCUT2D eigenvalue weighted by atomic mass is 9.93. The minimum Gasteiger partial charge on any atom is -0.271 e. The molecule has 20 heavy (non-hydrogen) atoms. The van der Waals surface area contributed by atoms with Gasteiger partial charge in [-0.2, -0.15) is 0 Å². The topological polar surface area (TPSA) is 38.0 Å². The van der Waals surface area contributed by atoms with Crippen molar-refractivity contribution in [1.82, 2.24) is 5.43 Å². The van der Waals surface area contributed by atoms with E-state index >= 15 is 0 Å². The summed E-state index contributed by atoms with van der Waals surface area (Å²) in [6, 6.07) is 10.9. The number of hydrogen-bond donors (Lipinski definition) is 2. The molecule has 0 aliphatic rings. The van der Waals surface area contributed by atoms with Gasteiger partial charge in [0.2, 0.25) is 0 Å². The van der Waals surface area contributed by atoms with E-state index in [4.69, 9.17) is 5.84 Å². The maximum Gasteiger partial charge on any atom is 0.126 e. The summed E-state index contributed by atoms with van der Waals surface area (Å²) in [5, 5.41) is 0. The van der Waals surface area contributed by atoms with Crippen LogP contribution in [0.25, 0.3) is 0 Å². The molecule has 0 heterocycles. The SMILES string of the molecule is Cc1cccc(C(Cc2cc(Br)ccc2F)NN)c1C. The summed E-state index contributed by atoms with van der Waals surface area (Å²) in [6.45, 7) is 4.12. The number of aryl methyl sites for hydroxylation is 1. The lowest BCUT2D eigenvalue weighted by molar-refractivity contribution is 0.526. The highest BCUT2D eigenvalue weighted by Crippen LogP contribution is 2.25. The molecule has 2 nitrogen and oxygen atoms in total. The number of hydrogen-bond acceptors (Lipinski definition) is 2. The van der Waals surface area contributed by atoms with E-state index in [0.717, 1.165) is 10.0 Å². The van der Waals surface area contributed by atoms with E-state index < -0.39 is 0 Å². The first kappa shape index (κ1) is 15.2. The van der Waals surface area contributed by atoms with Crippen LogP contribution < -0.4 is 11.3 Å². The molecule has 2 aromatic carbocycles. The predicted molar refractivity (Wildman–Crippen MR) is 83.8 cm³/mol. The molecule has 2 aromatic rings. The molecule has 4 heteroatoms. The molecule has 0 amide bonds. The number of benzene rings is 2. The van der Waals surface area contributed by atoms with Gasteiger partial charge in [0.1, 0.15) is 5.82 Å². The van der Waals surface area contributed by atoms with Gasteiger partial charge in [-0.15, -0.1) is 0 Å². The standard InChI is InChI=1S/C16H18BrFN2/c1-10-4-3-5-14(11(10)2)16(20-19)9-12-8-13(17)6-7-15(12)18/h3-8,16,20H,9,19H2,1-2H3. The minimum absolute atomic E-state index is 0.112. The number of halogens is 2. The molecular weight excluding hydrogens is 319 g/mol. The van der Waals surface area contributed by atoms with E-state index in [2.05, 4.69) is 41.3 Å². The zero-order chi connectivity index (χ0) is 14.7. The molecule has 106 valence electrons. The van der Waals surface area contributed by atoms with Crippen LogP contribution in [-0.4, -0.2) is 0 Å². The van der Waals surface area contributed by atoms with Crippen LogP contribution in [0.1, 0.15) is 28.3 Å². The highest BCUT2D eigenvalue weighted by atomic mass is 79.9. The zero-order valence-electron chi connectivity index (χ0n) is 11.6. The van der Waals surface area contributed by atoms with Crippen LogP contribution in [0.3, 0.4) is 0 Å². The van der Waals surface area contributed by atoms with Crippen molar-refractivity contribution in [3.63, 3.8) is 0 Å². The average Bonchev–Trinajstić information content (AvgIpc) is 2.43. The molecule has 0 bridgehead atoms. The van der Waals surface area contributed by atoms with E-state index in [1.54, 1.807) is 12.1 Å². The number of rotatable bonds is 4. The molecule has 1 unspecified atom stereocenters.